The largest absolute Gasteiger partial charge is 0.323 e. The van der Waals surface area contributed by atoms with E-state index in [2.05, 4.69) is 15.3 Å². The van der Waals surface area contributed by atoms with Gasteiger partial charge in [0.2, 0.25) is 0 Å². The lowest BCUT2D eigenvalue weighted by atomic mass is 10.3. The smallest absolute Gasteiger partial charge is 0.114 e. The minimum atomic E-state index is -0.0694. The van der Waals surface area contributed by atoms with E-state index in [0.717, 1.165) is 10.7 Å². The lowest BCUT2D eigenvalue weighted by molar-refractivity contribution is 0.646. The van der Waals surface area contributed by atoms with Crippen molar-refractivity contribution < 1.29 is 0 Å². The summed E-state index contributed by atoms with van der Waals surface area (Å²) in [6, 6.07) is -0.0694. The zero-order chi connectivity index (χ0) is 9.97. The normalized spacial score (nSPS) is 13.0. The third-order valence-electron chi connectivity index (χ3n) is 1.80. The molecule has 0 spiro atoms. The standard InChI is InChI=1S/C8H11N5S/c1-6(9)7-4-13(12-11-7)5-8-10-2-3-14-8/h2-4,6H,5,9H2,1H3. The Morgan fingerprint density at radius 2 is 2.50 bits per heavy atom. The highest BCUT2D eigenvalue weighted by atomic mass is 32.1. The number of nitrogens with two attached hydrogens (primary N) is 1. The van der Waals surface area contributed by atoms with Crippen LogP contribution in [-0.4, -0.2) is 20.0 Å². The van der Waals surface area contributed by atoms with Crippen LogP contribution in [0.4, 0.5) is 0 Å². The van der Waals surface area contributed by atoms with E-state index in [9.17, 15) is 0 Å². The van der Waals surface area contributed by atoms with Gasteiger partial charge in [0, 0.05) is 17.6 Å². The maximum absolute atomic E-state index is 5.67. The van der Waals surface area contributed by atoms with Crippen molar-refractivity contribution in [3.63, 3.8) is 0 Å². The number of hydrogen-bond acceptors (Lipinski definition) is 5. The second-order valence-electron chi connectivity index (χ2n) is 3.06. The van der Waals surface area contributed by atoms with Gasteiger partial charge in [-0.25, -0.2) is 9.67 Å². The molecule has 0 saturated carbocycles. The predicted molar refractivity (Wildman–Crippen MR) is 53.8 cm³/mol. The molecule has 2 N–H and O–H groups in total. The molecule has 6 heteroatoms. The van der Waals surface area contributed by atoms with Gasteiger partial charge in [0.1, 0.15) is 5.01 Å². The minimum Gasteiger partial charge on any atom is -0.323 e. The first-order valence-electron chi connectivity index (χ1n) is 4.29. The summed E-state index contributed by atoms with van der Waals surface area (Å²) < 4.78 is 1.75. The molecule has 0 fully saturated rings. The molecule has 2 aromatic heterocycles. The van der Waals surface area contributed by atoms with Gasteiger partial charge < -0.3 is 5.73 Å². The molecule has 0 radical (unpaired) electrons. The molecule has 14 heavy (non-hydrogen) atoms. The molecule has 1 atom stereocenters. The summed E-state index contributed by atoms with van der Waals surface area (Å²) in [7, 11) is 0. The van der Waals surface area contributed by atoms with Crippen molar-refractivity contribution in [3.8, 4) is 0 Å². The molecule has 0 bridgehead atoms. The van der Waals surface area contributed by atoms with Gasteiger partial charge in [-0.1, -0.05) is 5.21 Å². The number of rotatable bonds is 3. The fraction of sp³-hybridized carbons (Fsp3) is 0.375. The van der Waals surface area contributed by atoms with E-state index in [0.29, 0.717) is 6.54 Å². The maximum atomic E-state index is 5.67. The van der Waals surface area contributed by atoms with Gasteiger partial charge in [0.25, 0.3) is 0 Å². The van der Waals surface area contributed by atoms with E-state index in [1.807, 2.05) is 18.5 Å². The van der Waals surface area contributed by atoms with E-state index in [-0.39, 0.29) is 6.04 Å². The molecule has 1 unspecified atom stereocenters. The zero-order valence-corrected chi connectivity index (χ0v) is 8.61. The highest BCUT2D eigenvalue weighted by Crippen LogP contribution is 2.08. The molecule has 0 amide bonds. The molecule has 0 aliphatic rings. The SMILES string of the molecule is CC(N)c1cn(Cc2nccs2)nn1. The van der Waals surface area contributed by atoms with Crippen molar-refractivity contribution >= 4 is 11.3 Å². The molecular formula is C8H11N5S. The molecule has 5 nitrogen and oxygen atoms in total. The molecule has 0 saturated heterocycles. The Kier molecular flexibility index (Phi) is 2.55. The first-order valence-corrected chi connectivity index (χ1v) is 5.17. The molecular weight excluding hydrogens is 198 g/mol. The lowest BCUT2D eigenvalue weighted by Crippen LogP contribution is -2.05. The van der Waals surface area contributed by atoms with E-state index in [1.165, 1.54) is 0 Å². The third-order valence-corrected chi connectivity index (χ3v) is 2.57. The predicted octanol–water partition coefficient (Wildman–Crippen LogP) is 0.803. The van der Waals surface area contributed by atoms with Gasteiger partial charge in [-0.3, -0.25) is 0 Å². The fourth-order valence-electron chi connectivity index (χ4n) is 1.07. The molecule has 0 aliphatic heterocycles. The van der Waals surface area contributed by atoms with Crippen LogP contribution in [0, 0.1) is 0 Å². The summed E-state index contributed by atoms with van der Waals surface area (Å²) in [5.41, 5.74) is 6.48. The number of nitrogens with zero attached hydrogens (tertiary/aromatic N) is 4. The van der Waals surface area contributed by atoms with Crippen LogP contribution in [-0.2, 0) is 6.54 Å². The minimum absolute atomic E-state index is 0.0694. The van der Waals surface area contributed by atoms with Crippen molar-refractivity contribution in [2.75, 3.05) is 0 Å². The molecule has 0 aromatic carbocycles. The summed E-state index contributed by atoms with van der Waals surface area (Å²) >= 11 is 1.60. The van der Waals surface area contributed by atoms with Gasteiger partial charge in [0.15, 0.2) is 0 Å². The van der Waals surface area contributed by atoms with E-state index in [1.54, 1.807) is 22.2 Å². The first-order chi connectivity index (χ1) is 6.75. The van der Waals surface area contributed by atoms with E-state index in [4.69, 9.17) is 5.73 Å². The highest BCUT2D eigenvalue weighted by Gasteiger charge is 2.05. The molecule has 2 aromatic rings. The average molecular weight is 209 g/mol. The topological polar surface area (TPSA) is 69.6 Å². The van der Waals surface area contributed by atoms with Crippen molar-refractivity contribution in [1.82, 2.24) is 20.0 Å². The Morgan fingerprint density at radius 3 is 3.07 bits per heavy atom. The van der Waals surface area contributed by atoms with Crippen LogP contribution in [0.2, 0.25) is 0 Å². The van der Waals surface area contributed by atoms with Crippen LogP contribution in [0.15, 0.2) is 17.8 Å². The molecule has 2 rings (SSSR count). The summed E-state index contributed by atoms with van der Waals surface area (Å²) in [4.78, 5) is 4.16. The number of thiazole rings is 1. The van der Waals surface area contributed by atoms with Crippen molar-refractivity contribution in [2.45, 2.75) is 19.5 Å². The number of aromatic nitrogens is 4. The Bertz CT molecular complexity index is 392. The quantitative estimate of drug-likeness (QED) is 0.811. The monoisotopic (exact) mass is 209 g/mol. The van der Waals surface area contributed by atoms with E-state index >= 15 is 0 Å². The van der Waals surface area contributed by atoms with Gasteiger partial charge in [-0.2, -0.15) is 0 Å². The Balaban J connectivity index is 2.11. The van der Waals surface area contributed by atoms with Crippen LogP contribution in [0.5, 0.6) is 0 Å². The van der Waals surface area contributed by atoms with Crippen LogP contribution in [0.1, 0.15) is 23.7 Å². The Morgan fingerprint density at radius 1 is 1.64 bits per heavy atom. The summed E-state index contributed by atoms with van der Waals surface area (Å²) in [6.07, 6.45) is 3.63. The molecule has 74 valence electrons. The fourth-order valence-corrected chi connectivity index (χ4v) is 1.68. The van der Waals surface area contributed by atoms with Gasteiger partial charge >= 0.3 is 0 Å². The highest BCUT2D eigenvalue weighted by molar-refractivity contribution is 7.09. The average Bonchev–Trinajstić information content (AvgIpc) is 2.75. The number of hydrogen-bond donors (Lipinski definition) is 1. The molecule has 0 aliphatic carbocycles. The Hall–Kier alpha value is -1.27. The maximum Gasteiger partial charge on any atom is 0.114 e. The van der Waals surface area contributed by atoms with Crippen molar-refractivity contribution in [1.29, 1.82) is 0 Å². The molecule has 2 heterocycles. The van der Waals surface area contributed by atoms with Crippen molar-refractivity contribution in [2.24, 2.45) is 5.73 Å². The first kappa shape index (κ1) is 9.29. The van der Waals surface area contributed by atoms with Crippen molar-refractivity contribution in [3.05, 3.63) is 28.5 Å². The van der Waals surface area contributed by atoms with Crippen LogP contribution >= 0.6 is 11.3 Å². The van der Waals surface area contributed by atoms with Gasteiger partial charge in [0.05, 0.1) is 18.4 Å². The summed E-state index contributed by atoms with van der Waals surface area (Å²) in [5.74, 6) is 0. The second-order valence-corrected chi connectivity index (χ2v) is 4.03. The summed E-state index contributed by atoms with van der Waals surface area (Å²) in [5, 5.41) is 10.9. The van der Waals surface area contributed by atoms with Crippen LogP contribution in [0.25, 0.3) is 0 Å². The van der Waals surface area contributed by atoms with Gasteiger partial charge in [-0.15, -0.1) is 16.4 Å². The lowest BCUT2D eigenvalue weighted by Gasteiger charge is -1.96. The van der Waals surface area contributed by atoms with E-state index < -0.39 is 0 Å². The van der Waals surface area contributed by atoms with Gasteiger partial charge in [-0.05, 0) is 6.92 Å². The second kappa shape index (κ2) is 3.85. The third kappa shape index (κ3) is 1.97. The van der Waals surface area contributed by atoms with Crippen LogP contribution in [0.3, 0.4) is 0 Å². The van der Waals surface area contributed by atoms with Crippen LogP contribution < -0.4 is 5.73 Å². The zero-order valence-electron chi connectivity index (χ0n) is 7.79. The Labute approximate surface area is 85.6 Å². The summed E-state index contributed by atoms with van der Waals surface area (Å²) in [6.45, 7) is 2.55.